The molecule has 0 saturated carbocycles. The molecule has 1 heterocycles. The fourth-order valence-corrected chi connectivity index (χ4v) is 1.76. The summed E-state index contributed by atoms with van der Waals surface area (Å²) in [5.74, 6) is 0.812. The number of aliphatic hydroxyl groups is 1. The highest BCUT2D eigenvalue weighted by Crippen LogP contribution is 2.13. The molecule has 18 heavy (non-hydrogen) atoms. The molecule has 0 bridgehead atoms. The Balaban J connectivity index is 2.33. The van der Waals surface area contributed by atoms with Crippen molar-refractivity contribution in [2.45, 2.75) is 19.8 Å². The van der Waals surface area contributed by atoms with Gasteiger partial charge in [0.15, 0.2) is 5.78 Å². The fourth-order valence-electron chi connectivity index (χ4n) is 1.76. The maximum absolute atomic E-state index is 11.4. The first-order valence-corrected chi connectivity index (χ1v) is 5.83. The van der Waals surface area contributed by atoms with E-state index in [-0.39, 0.29) is 12.4 Å². The number of rotatable bonds is 5. The Hall–Kier alpha value is -2.01. The molecule has 0 unspecified atom stereocenters. The molecular formula is C13H15N3O2. The van der Waals surface area contributed by atoms with Gasteiger partial charge in [-0.3, -0.25) is 9.36 Å². The van der Waals surface area contributed by atoms with Crippen LogP contribution in [0.1, 0.15) is 29.5 Å². The summed E-state index contributed by atoms with van der Waals surface area (Å²) in [7, 11) is 0. The number of Topliss-reactive ketones (excluding diaryl/α,β-unsaturated/α-hetero) is 1. The SMILES string of the molecule is CC(=O)c1cccc(-n2cnnc2CCCO)c1. The minimum Gasteiger partial charge on any atom is -0.396 e. The molecule has 0 aliphatic rings. The molecule has 0 atom stereocenters. The average molecular weight is 245 g/mol. The number of hydrogen-bond donors (Lipinski definition) is 1. The highest BCUT2D eigenvalue weighted by Gasteiger charge is 2.07. The molecule has 2 aromatic rings. The number of carbonyl (C=O) groups is 1. The number of nitrogens with zero attached hydrogens (tertiary/aromatic N) is 3. The lowest BCUT2D eigenvalue weighted by molar-refractivity contribution is 0.101. The van der Waals surface area contributed by atoms with Crippen LogP contribution < -0.4 is 0 Å². The van der Waals surface area contributed by atoms with Crippen LogP contribution in [-0.2, 0) is 6.42 Å². The smallest absolute Gasteiger partial charge is 0.159 e. The molecule has 94 valence electrons. The number of aryl methyl sites for hydroxylation is 1. The van der Waals surface area contributed by atoms with Gasteiger partial charge in [-0.25, -0.2) is 0 Å². The van der Waals surface area contributed by atoms with Crippen molar-refractivity contribution in [1.82, 2.24) is 14.8 Å². The number of carbonyl (C=O) groups excluding carboxylic acids is 1. The summed E-state index contributed by atoms with van der Waals surface area (Å²) in [5.41, 5.74) is 1.52. The predicted octanol–water partition coefficient (Wildman–Crippen LogP) is 1.39. The van der Waals surface area contributed by atoms with Crippen molar-refractivity contribution in [2.75, 3.05) is 6.61 Å². The Morgan fingerprint density at radius 2 is 2.28 bits per heavy atom. The van der Waals surface area contributed by atoms with Crippen LogP contribution in [0.15, 0.2) is 30.6 Å². The molecule has 0 aliphatic carbocycles. The Bertz CT molecular complexity index is 549. The molecule has 5 heteroatoms. The Morgan fingerprint density at radius 1 is 1.44 bits per heavy atom. The van der Waals surface area contributed by atoms with Crippen LogP contribution >= 0.6 is 0 Å². The van der Waals surface area contributed by atoms with Crippen LogP contribution in [-0.4, -0.2) is 32.3 Å². The molecule has 1 aromatic carbocycles. The van der Waals surface area contributed by atoms with Crippen LogP contribution in [0.25, 0.3) is 5.69 Å². The van der Waals surface area contributed by atoms with E-state index in [0.717, 1.165) is 11.5 Å². The van der Waals surface area contributed by atoms with Crippen molar-refractivity contribution in [3.63, 3.8) is 0 Å². The topological polar surface area (TPSA) is 68.0 Å². The number of aliphatic hydroxyl groups excluding tert-OH is 1. The number of hydrogen-bond acceptors (Lipinski definition) is 4. The second kappa shape index (κ2) is 5.55. The lowest BCUT2D eigenvalue weighted by Gasteiger charge is -2.07. The fraction of sp³-hybridized carbons (Fsp3) is 0.308. The molecule has 0 aliphatic heterocycles. The molecule has 0 spiro atoms. The largest absolute Gasteiger partial charge is 0.396 e. The first-order valence-electron chi connectivity index (χ1n) is 5.83. The van der Waals surface area contributed by atoms with Crippen LogP contribution in [0, 0.1) is 0 Å². The zero-order chi connectivity index (χ0) is 13.0. The second-order valence-corrected chi connectivity index (χ2v) is 4.05. The number of aromatic nitrogens is 3. The summed E-state index contributed by atoms with van der Waals surface area (Å²) in [6.07, 6.45) is 2.91. The summed E-state index contributed by atoms with van der Waals surface area (Å²) in [5, 5.41) is 16.7. The van der Waals surface area contributed by atoms with Gasteiger partial charge in [-0.2, -0.15) is 0 Å². The third kappa shape index (κ3) is 2.62. The quantitative estimate of drug-likeness (QED) is 0.808. The maximum atomic E-state index is 11.4. The summed E-state index contributed by atoms with van der Waals surface area (Å²) < 4.78 is 1.84. The van der Waals surface area contributed by atoms with E-state index in [1.807, 2.05) is 22.8 Å². The minimum atomic E-state index is 0.0295. The van der Waals surface area contributed by atoms with Crippen molar-refractivity contribution in [3.05, 3.63) is 42.0 Å². The standard InChI is InChI=1S/C13H15N3O2/c1-10(18)11-4-2-5-12(8-11)16-9-14-15-13(16)6-3-7-17/h2,4-5,8-9,17H,3,6-7H2,1H3. The Morgan fingerprint density at radius 3 is 3.00 bits per heavy atom. The molecule has 0 radical (unpaired) electrons. The van der Waals surface area contributed by atoms with Gasteiger partial charge in [0.25, 0.3) is 0 Å². The summed E-state index contributed by atoms with van der Waals surface area (Å²) >= 11 is 0. The van der Waals surface area contributed by atoms with Gasteiger partial charge in [0.2, 0.25) is 0 Å². The lowest BCUT2D eigenvalue weighted by atomic mass is 10.1. The lowest BCUT2D eigenvalue weighted by Crippen LogP contribution is -2.03. The monoisotopic (exact) mass is 245 g/mol. The van der Waals surface area contributed by atoms with E-state index in [2.05, 4.69) is 10.2 Å². The van der Waals surface area contributed by atoms with Crippen molar-refractivity contribution in [1.29, 1.82) is 0 Å². The molecule has 5 nitrogen and oxygen atoms in total. The highest BCUT2D eigenvalue weighted by atomic mass is 16.2. The average Bonchev–Trinajstić information content (AvgIpc) is 2.84. The van der Waals surface area contributed by atoms with Crippen molar-refractivity contribution in [3.8, 4) is 5.69 Å². The van der Waals surface area contributed by atoms with Gasteiger partial charge >= 0.3 is 0 Å². The normalized spacial score (nSPS) is 10.6. The van der Waals surface area contributed by atoms with E-state index < -0.39 is 0 Å². The zero-order valence-electron chi connectivity index (χ0n) is 10.2. The van der Waals surface area contributed by atoms with Crippen LogP contribution in [0.4, 0.5) is 0 Å². The van der Waals surface area contributed by atoms with Gasteiger partial charge in [0.1, 0.15) is 12.2 Å². The van der Waals surface area contributed by atoms with Crippen LogP contribution in [0.3, 0.4) is 0 Å². The second-order valence-electron chi connectivity index (χ2n) is 4.05. The minimum absolute atomic E-state index is 0.0295. The Labute approximate surface area is 105 Å². The van der Waals surface area contributed by atoms with Crippen molar-refractivity contribution < 1.29 is 9.90 Å². The molecule has 1 aromatic heterocycles. The first-order chi connectivity index (χ1) is 8.72. The van der Waals surface area contributed by atoms with E-state index in [1.54, 1.807) is 12.4 Å². The Kier molecular flexibility index (Phi) is 3.84. The van der Waals surface area contributed by atoms with E-state index in [1.165, 1.54) is 6.92 Å². The first kappa shape index (κ1) is 12.4. The van der Waals surface area contributed by atoms with E-state index in [9.17, 15) is 4.79 Å². The zero-order valence-corrected chi connectivity index (χ0v) is 10.2. The van der Waals surface area contributed by atoms with E-state index in [0.29, 0.717) is 18.4 Å². The molecule has 0 fully saturated rings. The molecule has 0 amide bonds. The highest BCUT2D eigenvalue weighted by molar-refractivity contribution is 5.94. The maximum Gasteiger partial charge on any atom is 0.159 e. The predicted molar refractivity (Wildman–Crippen MR) is 66.8 cm³/mol. The third-order valence-corrected chi connectivity index (χ3v) is 2.71. The van der Waals surface area contributed by atoms with E-state index >= 15 is 0 Å². The summed E-state index contributed by atoms with van der Waals surface area (Å²) in [6.45, 7) is 1.66. The summed E-state index contributed by atoms with van der Waals surface area (Å²) in [4.78, 5) is 11.4. The molecule has 2 rings (SSSR count). The molecular weight excluding hydrogens is 230 g/mol. The van der Waals surface area contributed by atoms with Crippen molar-refractivity contribution in [2.24, 2.45) is 0 Å². The summed E-state index contributed by atoms with van der Waals surface area (Å²) in [6, 6.07) is 7.33. The number of ketones is 1. The van der Waals surface area contributed by atoms with Gasteiger partial charge in [0, 0.05) is 24.3 Å². The van der Waals surface area contributed by atoms with Crippen LogP contribution in [0.5, 0.6) is 0 Å². The third-order valence-electron chi connectivity index (χ3n) is 2.71. The van der Waals surface area contributed by atoms with Gasteiger partial charge < -0.3 is 5.11 Å². The van der Waals surface area contributed by atoms with Gasteiger partial charge in [0.05, 0.1) is 0 Å². The van der Waals surface area contributed by atoms with Crippen LogP contribution in [0.2, 0.25) is 0 Å². The van der Waals surface area contributed by atoms with E-state index in [4.69, 9.17) is 5.11 Å². The van der Waals surface area contributed by atoms with Gasteiger partial charge in [-0.1, -0.05) is 12.1 Å². The number of benzene rings is 1. The van der Waals surface area contributed by atoms with Gasteiger partial charge in [-0.05, 0) is 25.5 Å². The molecule has 1 N–H and O–H groups in total. The molecule has 0 saturated heterocycles. The van der Waals surface area contributed by atoms with Gasteiger partial charge in [-0.15, -0.1) is 10.2 Å². The van der Waals surface area contributed by atoms with Crippen molar-refractivity contribution >= 4 is 5.78 Å².